The number of halogens is 3. The molecule has 0 aliphatic carbocycles. The SMILES string of the molecule is CCOc1ccc(C(N)c2cc(Cl)cc(Cl)c2)c(Br)c1. The minimum Gasteiger partial charge on any atom is -0.494 e. The van der Waals surface area contributed by atoms with Gasteiger partial charge in [0.15, 0.2) is 0 Å². The maximum atomic E-state index is 6.29. The molecule has 0 amide bonds. The van der Waals surface area contributed by atoms with E-state index in [2.05, 4.69) is 15.9 Å². The Hall–Kier alpha value is -0.740. The van der Waals surface area contributed by atoms with Crippen molar-refractivity contribution in [2.45, 2.75) is 13.0 Å². The Morgan fingerprint density at radius 2 is 1.80 bits per heavy atom. The van der Waals surface area contributed by atoms with Gasteiger partial charge in [0.25, 0.3) is 0 Å². The van der Waals surface area contributed by atoms with Gasteiger partial charge in [-0.1, -0.05) is 45.2 Å². The monoisotopic (exact) mass is 373 g/mol. The third-order valence-electron chi connectivity index (χ3n) is 2.86. The molecule has 0 aliphatic rings. The molecule has 1 atom stereocenters. The van der Waals surface area contributed by atoms with E-state index in [-0.39, 0.29) is 6.04 Å². The molecule has 1 unspecified atom stereocenters. The summed E-state index contributed by atoms with van der Waals surface area (Å²) in [5.41, 5.74) is 8.11. The summed E-state index contributed by atoms with van der Waals surface area (Å²) in [6.45, 7) is 2.57. The number of rotatable bonds is 4. The standard InChI is InChI=1S/C15H14BrCl2NO/c1-2-20-12-3-4-13(14(16)8-12)15(19)9-5-10(17)7-11(18)6-9/h3-8,15H,2,19H2,1H3. The summed E-state index contributed by atoms with van der Waals surface area (Å²) in [5.74, 6) is 0.805. The molecular formula is C15H14BrCl2NO. The Kier molecular flexibility index (Phi) is 5.33. The molecule has 0 aromatic heterocycles. The fraction of sp³-hybridized carbons (Fsp3) is 0.200. The van der Waals surface area contributed by atoms with Crippen molar-refractivity contribution in [3.63, 3.8) is 0 Å². The summed E-state index contributed by atoms with van der Waals surface area (Å²) >= 11 is 15.6. The predicted octanol–water partition coefficient (Wildman–Crippen LogP) is 5.20. The van der Waals surface area contributed by atoms with Gasteiger partial charge in [0.05, 0.1) is 12.6 Å². The minimum atomic E-state index is -0.309. The van der Waals surface area contributed by atoms with Crippen LogP contribution in [-0.4, -0.2) is 6.61 Å². The molecule has 20 heavy (non-hydrogen) atoms. The van der Waals surface area contributed by atoms with Crippen molar-refractivity contribution in [2.75, 3.05) is 6.61 Å². The zero-order valence-electron chi connectivity index (χ0n) is 10.9. The van der Waals surface area contributed by atoms with Crippen molar-refractivity contribution in [3.8, 4) is 5.75 Å². The van der Waals surface area contributed by atoms with Crippen LogP contribution in [-0.2, 0) is 0 Å². The summed E-state index contributed by atoms with van der Waals surface area (Å²) < 4.78 is 6.35. The lowest BCUT2D eigenvalue weighted by Gasteiger charge is -2.16. The Morgan fingerprint density at radius 3 is 2.35 bits per heavy atom. The summed E-state index contributed by atoms with van der Waals surface area (Å²) in [4.78, 5) is 0. The molecular weight excluding hydrogens is 361 g/mol. The van der Waals surface area contributed by atoms with E-state index >= 15 is 0 Å². The molecule has 2 nitrogen and oxygen atoms in total. The zero-order chi connectivity index (χ0) is 14.7. The first-order valence-corrected chi connectivity index (χ1v) is 7.70. The molecule has 2 aromatic rings. The number of nitrogens with two attached hydrogens (primary N) is 1. The smallest absolute Gasteiger partial charge is 0.120 e. The van der Waals surface area contributed by atoms with E-state index in [0.29, 0.717) is 16.7 Å². The van der Waals surface area contributed by atoms with Crippen LogP contribution < -0.4 is 10.5 Å². The van der Waals surface area contributed by atoms with E-state index in [0.717, 1.165) is 21.3 Å². The van der Waals surface area contributed by atoms with Crippen LogP contribution in [0.3, 0.4) is 0 Å². The molecule has 106 valence electrons. The molecule has 0 saturated heterocycles. The fourth-order valence-corrected chi connectivity index (χ4v) is 3.10. The lowest BCUT2D eigenvalue weighted by atomic mass is 9.99. The van der Waals surface area contributed by atoms with Crippen molar-refractivity contribution in [3.05, 3.63) is 62.0 Å². The Balaban J connectivity index is 2.35. The van der Waals surface area contributed by atoms with Gasteiger partial charge >= 0.3 is 0 Å². The van der Waals surface area contributed by atoms with Crippen LogP contribution >= 0.6 is 39.1 Å². The maximum Gasteiger partial charge on any atom is 0.120 e. The predicted molar refractivity (Wildman–Crippen MR) is 87.8 cm³/mol. The van der Waals surface area contributed by atoms with Gasteiger partial charge in [-0.2, -0.15) is 0 Å². The quantitative estimate of drug-likeness (QED) is 0.797. The second kappa shape index (κ2) is 6.81. The van der Waals surface area contributed by atoms with Gasteiger partial charge in [0, 0.05) is 14.5 Å². The van der Waals surface area contributed by atoms with E-state index in [1.165, 1.54) is 0 Å². The Labute approximate surface area is 137 Å². The van der Waals surface area contributed by atoms with Gasteiger partial charge in [0.1, 0.15) is 5.75 Å². The van der Waals surface area contributed by atoms with Crippen molar-refractivity contribution in [2.24, 2.45) is 5.73 Å². The van der Waals surface area contributed by atoms with Gasteiger partial charge in [-0.05, 0) is 48.4 Å². The van der Waals surface area contributed by atoms with Crippen LogP contribution in [0.4, 0.5) is 0 Å². The summed E-state index contributed by atoms with van der Waals surface area (Å²) in [7, 11) is 0. The van der Waals surface area contributed by atoms with E-state index in [1.54, 1.807) is 6.07 Å². The maximum absolute atomic E-state index is 6.29. The minimum absolute atomic E-state index is 0.309. The summed E-state index contributed by atoms with van der Waals surface area (Å²) in [5, 5.41) is 1.15. The molecule has 2 rings (SSSR count). The Bertz CT molecular complexity index is 599. The van der Waals surface area contributed by atoms with E-state index in [4.69, 9.17) is 33.7 Å². The number of ether oxygens (including phenoxy) is 1. The van der Waals surface area contributed by atoms with Crippen LogP contribution in [0.2, 0.25) is 10.0 Å². The lowest BCUT2D eigenvalue weighted by Crippen LogP contribution is -2.12. The molecule has 0 radical (unpaired) electrons. The second-order valence-corrected chi connectivity index (χ2v) is 6.02. The first-order chi connectivity index (χ1) is 9.51. The van der Waals surface area contributed by atoms with Gasteiger partial charge in [-0.3, -0.25) is 0 Å². The van der Waals surface area contributed by atoms with Crippen molar-refractivity contribution in [1.29, 1.82) is 0 Å². The van der Waals surface area contributed by atoms with E-state index in [9.17, 15) is 0 Å². The molecule has 2 N–H and O–H groups in total. The highest BCUT2D eigenvalue weighted by Crippen LogP contribution is 2.32. The average molecular weight is 375 g/mol. The molecule has 0 fully saturated rings. The van der Waals surface area contributed by atoms with Crippen LogP contribution in [0.15, 0.2) is 40.9 Å². The van der Waals surface area contributed by atoms with E-state index < -0.39 is 0 Å². The third kappa shape index (κ3) is 3.67. The first-order valence-electron chi connectivity index (χ1n) is 6.15. The van der Waals surface area contributed by atoms with Crippen LogP contribution in [0, 0.1) is 0 Å². The fourth-order valence-electron chi connectivity index (χ4n) is 1.95. The number of hydrogen-bond donors (Lipinski definition) is 1. The molecule has 5 heteroatoms. The number of hydrogen-bond acceptors (Lipinski definition) is 2. The molecule has 0 heterocycles. The van der Waals surface area contributed by atoms with E-state index in [1.807, 2.05) is 37.3 Å². The van der Waals surface area contributed by atoms with Crippen molar-refractivity contribution >= 4 is 39.1 Å². The third-order valence-corrected chi connectivity index (χ3v) is 3.99. The lowest BCUT2D eigenvalue weighted by molar-refractivity contribution is 0.340. The average Bonchev–Trinajstić information content (AvgIpc) is 2.37. The van der Waals surface area contributed by atoms with Gasteiger partial charge < -0.3 is 10.5 Å². The van der Waals surface area contributed by atoms with Gasteiger partial charge in [-0.15, -0.1) is 0 Å². The van der Waals surface area contributed by atoms with Crippen LogP contribution in [0.1, 0.15) is 24.1 Å². The topological polar surface area (TPSA) is 35.2 Å². The van der Waals surface area contributed by atoms with Crippen LogP contribution in [0.25, 0.3) is 0 Å². The van der Waals surface area contributed by atoms with Gasteiger partial charge in [-0.25, -0.2) is 0 Å². The largest absolute Gasteiger partial charge is 0.494 e. The first kappa shape index (κ1) is 15.6. The highest BCUT2D eigenvalue weighted by Gasteiger charge is 2.14. The second-order valence-electron chi connectivity index (χ2n) is 4.30. The van der Waals surface area contributed by atoms with Crippen LogP contribution in [0.5, 0.6) is 5.75 Å². The summed E-state index contributed by atoms with van der Waals surface area (Å²) in [6.07, 6.45) is 0. The Morgan fingerprint density at radius 1 is 1.15 bits per heavy atom. The number of benzene rings is 2. The molecule has 0 aliphatic heterocycles. The molecule has 0 saturated carbocycles. The zero-order valence-corrected chi connectivity index (χ0v) is 14.0. The highest BCUT2D eigenvalue weighted by atomic mass is 79.9. The molecule has 2 aromatic carbocycles. The van der Waals surface area contributed by atoms with Crippen molar-refractivity contribution < 1.29 is 4.74 Å². The normalized spacial score (nSPS) is 12.2. The highest BCUT2D eigenvalue weighted by molar-refractivity contribution is 9.10. The molecule has 0 bridgehead atoms. The molecule has 0 spiro atoms. The van der Waals surface area contributed by atoms with Gasteiger partial charge in [0.2, 0.25) is 0 Å². The van der Waals surface area contributed by atoms with Crippen molar-refractivity contribution in [1.82, 2.24) is 0 Å². The summed E-state index contributed by atoms with van der Waals surface area (Å²) in [6, 6.07) is 10.8.